The first kappa shape index (κ1) is 19.5. The molecule has 7 nitrogen and oxygen atoms in total. The number of nitro groups is 1. The summed E-state index contributed by atoms with van der Waals surface area (Å²) in [6.45, 7) is 2.56. The van der Waals surface area contributed by atoms with Gasteiger partial charge in [0, 0.05) is 10.9 Å². The van der Waals surface area contributed by atoms with Crippen LogP contribution in [0.2, 0.25) is 0 Å². The minimum absolute atomic E-state index is 0.296. The summed E-state index contributed by atoms with van der Waals surface area (Å²) in [4.78, 5) is 15.7. The molecule has 0 aliphatic carbocycles. The Bertz CT molecular complexity index is 1250. The lowest BCUT2D eigenvalue weighted by Gasteiger charge is -2.04. The fourth-order valence-electron chi connectivity index (χ4n) is 2.81. The molecule has 0 aliphatic heterocycles. The summed E-state index contributed by atoms with van der Waals surface area (Å²) >= 11 is 1.48. The molecule has 0 radical (unpaired) electrons. The van der Waals surface area contributed by atoms with Crippen molar-refractivity contribution < 1.29 is 9.34 Å². The van der Waals surface area contributed by atoms with Crippen LogP contribution < -0.4 is 4.80 Å². The largest absolute Gasteiger partial charge is 0.433 e. The summed E-state index contributed by atoms with van der Waals surface area (Å²) in [6, 6.07) is 20.9. The van der Waals surface area contributed by atoms with Gasteiger partial charge in [-0.3, -0.25) is 15.1 Å². The first-order chi connectivity index (χ1) is 14.6. The Hall–Kier alpha value is -3.78. The van der Waals surface area contributed by atoms with E-state index in [4.69, 9.17) is 9.41 Å². The van der Waals surface area contributed by atoms with Crippen LogP contribution in [-0.4, -0.2) is 15.8 Å². The van der Waals surface area contributed by atoms with Crippen LogP contribution in [0.15, 0.2) is 86.6 Å². The van der Waals surface area contributed by atoms with Crippen molar-refractivity contribution in [3.05, 3.63) is 104 Å². The van der Waals surface area contributed by atoms with E-state index in [9.17, 15) is 10.1 Å². The third kappa shape index (κ3) is 4.44. The molecule has 2 heterocycles. The molecule has 2 aromatic heterocycles. The molecule has 4 aromatic rings. The van der Waals surface area contributed by atoms with Crippen LogP contribution in [0.5, 0.6) is 0 Å². The minimum Gasteiger partial charge on any atom is -0.400 e. The molecular weight excluding hydrogens is 400 g/mol. The Labute approximate surface area is 176 Å². The number of nitrogens with zero attached hydrogens (tertiary/aromatic N) is 4. The molecule has 0 amide bonds. The summed E-state index contributed by atoms with van der Waals surface area (Å²) < 4.78 is 6.91. The third-order valence-electron chi connectivity index (χ3n) is 4.37. The lowest BCUT2D eigenvalue weighted by molar-refractivity contribution is -0.402. The van der Waals surface area contributed by atoms with Crippen molar-refractivity contribution in [3.63, 3.8) is 0 Å². The summed E-state index contributed by atoms with van der Waals surface area (Å²) in [5.74, 6) is -0.0243. The summed E-state index contributed by atoms with van der Waals surface area (Å²) in [6.07, 6.45) is 1.46. The quantitative estimate of drug-likeness (QED) is 0.251. The van der Waals surface area contributed by atoms with Gasteiger partial charge in [0.25, 0.3) is 0 Å². The van der Waals surface area contributed by atoms with Gasteiger partial charge in [-0.05, 0) is 18.6 Å². The minimum atomic E-state index is -0.576. The normalized spacial score (nSPS) is 12.0. The zero-order chi connectivity index (χ0) is 20.9. The predicted octanol–water partition coefficient (Wildman–Crippen LogP) is 5.01. The van der Waals surface area contributed by atoms with Crippen LogP contribution in [0.4, 0.5) is 5.88 Å². The molecule has 8 heteroatoms. The van der Waals surface area contributed by atoms with Gasteiger partial charge in [0.05, 0.1) is 24.5 Å². The first-order valence-corrected chi connectivity index (χ1v) is 10.1. The molecule has 0 saturated carbocycles. The Morgan fingerprint density at radius 3 is 2.57 bits per heavy atom. The number of furan rings is 1. The molecule has 0 atom stereocenters. The molecular formula is C22H18N4O3S. The zero-order valence-corrected chi connectivity index (χ0v) is 17.0. The molecule has 0 N–H and O–H groups in total. The second-order valence-electron chi connectivity index (χ2n) is 6.56. The number of aromatic nitrogens is 1. The van der Waals surface area contributed by atoms with E-state index in [0.29, 0.717) is 17.1 Å². The van der Waals surface area contributed by atoms with Gasteiger partial charge in [-0.1, -0.05) is 60.2 Å². The molecule has 0 saturated heterocycles. The van der Waals surface area contributed by atoms with E-state index >= 15 is 0 Å². The van der Waals surface area contributed by atoms with Crippen molar-refractivity contribution in [1.29, 1.82) is 0 Å². The van der Waals surface area contributed by atoms with Crippen LogP contribution >= 0.6 is 11.3 Å². The van der Waals surface area contributed by atoms with Crippen molar-refractivity contribution in [2.75, 3.05) is 0 Å². The number of rotatable bonds is 6. The molecule has 0 aliphatic rings. The van der Waals surface area contributed by atoms with Crippen molar-refractivity contribution in [2.24, 2.45) is 10.1 Å². The topological polar surface area (TPSA) is 85.9 Å². The van der Waals surface area contributed by atoms with Crippen molar-refractivity contribution in [1.82, 2.24) is 4.68 Å². The molecule has 150 valence electrons. The number of benzene rings is 2. The lowest BCUT2D eigenvalue weighted by Crippen LogP contribution is -2.12. The smallest absolute Gasteiger partial charge is 0.400 e. The highest BCUT2D eigenvalue weighted by molar-refractivity contribution is 7.07. The van der Waals surface area contributed by atoms with Crippen LogP contribution in [0, 0.1) is 17.0 Å². The van der Waals surface area contributed by atoms with Crippen LogP contribution in [0.1, 0.15) is 16.9 Å². The second kappa shape index (κ2) is 8.71. The van der Waals surface area contributed by atoms with Crippen molar-refractivity contribution in [3.8, 4) is 11.3 Å². The van der Waals surface area contributed by atoms with Gasteiger partial charge in [0.2, 0.25) is 4.80 Å². The summed E-state index contributed by atoms with van der Waals surface area (Å²) in [5.41, 5.74) is 4.14. The summed E-state index contributed by atoms with van der Waals surface area (Å²) in [5, 5.41) is 17.3. The number of thiazole rings is 1. The van der Waals surface area contributed by atoms with E-state index in [0.717, 1.165) is 16.8 Å². The average molecular weight is 418 g/mol. The third-order valence-corrected chi connectivity index (χ3v) is 5.22. The Morgan fingerprint density at radius 1 is 1.10 bits per heavy atom. The fourth-order valence-corrected chi connectivity index (χ4v) is 3.65. The van der Waals surface area contributed by atoms with E-state index in [1.807, 2.05) is 66.9 Å². The van der Waals surface area contributed by atoms with E-state index < -0.39 is 4.92 Å². The molecule has 0 unspecified atom stereocenters. The van der Waals surface area contributed by atoms with Gasteiger partial charge in [0.15, 0.2) is 5.76 Å². The molecule has 0 bridgehead atoms. The van der Waals surface area contributed by atoms with Crippen LogP contribution in [-0.2, 0) is 6.54 Å². The van der Waals surface area contributed by atoms with E-state index in [2.05, 4.69) is 5.10 Å². The average Bonchev–Trinajstić information content (AvgIpc) is 3.39. The maximum Gasteiger partial charge on any atom is 0.433 e. The number of hydrogen-bond acceptors (Lipinski definition) is 6. The van der Waals surface area contributed by atoms with Gasteiger partial charge in [0.1, 0.15) is 4.92 Å². The van der Waals surface area contributed by atoms with Gasteiger partial charge in [-0.15, -0.1) is 11.3 Å². The Balaban J connectivity index is 1.73. The fraction of sp³-hybridized carbons (Fsp3) is 0.0909. The Kier molecular flexibility index (Phi) is 5.67. The predicted molar refractivity (Wildman–Crippen MR) is 117 cm³/mol. The highest BCUT2D eigenvalue weighted by Gasteiger charge is 2.11. The molecule has 30 heavy (non-hydrogen) atoms. The van der Waals surface area contributed by atoms with Gasteiger partial charge >= 0.3 is 5.88 Å². The monoisotopic (exact) mass is 418 g/mol. The van der Waals surface area contributed by atoms with Gasteiger partial charge in [-0.2, -0.15) is 5.10 Å². The molecule has 4 rings (SSSR count). The van der Waals surface area contributed by atoms with Gasteiger partial charge in [-0.25, -0.2) is 4.68 Å². The maximum absolute atomic E-state index is 10.8. The van der Waals surface area contributed by atoms with E-state index in [1.54, 1.807) is 4.68 Å². The highest BCUT2D eigenvalue weighted by atomic mass is 32.1. The zero-order valence-electron chi connectivity index (χ0n) is 16.1. The number of aryl methyl sites for hydroxylation is 1. The van der Waals surface area contributed by atoms with Crippen molar-refractivity contribution in [2.45, 2.75) is 13.5 Å². The van der Waals surface area contributed by atoms with Crippen LogP contribution in [0.25, 0.3) is 11.3 Å². The van der Waals surface area contributed by atoms with Crippen LogP contribution in [0.3, 0.4) is 0 Å². The molecule has 2 aromatic carbocycles. The molecule has 0 fully saturated rings. The van der Waals surface area contributed by atoms with E-state index in [1.165, 1.54) is 35.2 Å². The Morgan fingerprint density at radius 2 is 1.87 bits per heavy atom. The van der Waals surface area contributed by atoms with Crippen molar-refractivity contribution >= 4 is 23.4 Å². The van der Waals surface area contributed by atoms with Gasteiger partial charge < -0.3 is 4.42 Å². The SMILES string of the molecule is Cc1ccc(-c2csc(=NCc3ccccc3)n2N=Cc2ccc([N+](=O)[O-])o2)cc1. The maximum atomic E-state index is 10.8. The number of hydrogen-bond donors (Lipinski definition) is 0. The summed E-state index contributed by atoms with van der Waals surface area (Å²) in [7, 11) is 0. The first-order valence-electron chi connectivity index (χ1n) is 9.21. The second-order valence-corrected chi connectivity index (χ2v) is 7.40. The van der Waals surface area contributed by atoms with E-state index in [-0.39, 0.29) is 5.88 Å². The standard InChI is InChI=1S/C22H18N4O3S/c1-16-7-9-18(10-8-16)20-15-30-22(23-13-17-5-3-2-4-6-17)25(20)24-14-19-11-12-21(29-19)26(27)28/h2-12,14-15H,13H2,1H3. The molecule has 0 spiro atoms. The lowest BCUT2D eigenvalue weighted by atomic mass is 10.1. The highest BCUT2D eigenvalue weighted by Crippen LogP contribution is 2.21.